The van der Waals surface area contributed by atoms with Crippen LogP contribution in [0.1, 0.15) is 128 Å². The third-order valence-corrected chi connectivity index (χ3v) is 38.1. The summed E-state index contributed by atoms with van der Waals surface area (Å²) < 4.78 is 3.56. The third kappa shape index (κ3) is 5.90. The Labute approximate surface area is 200 Å². The van der Waals surface area contributed by atoms with Crippen molar-refractivity contribution >= 4 is 25.9 Å². The summed E-state index contributed by atoms with van der Waals surface area (Å²) in [5.41, 5.74) is 3.37. The minimum absolute atomic E-state index is 0.265. The van der Waals surface area contributed by atoms with Gasteiger partial charge >= 0.3 is 201 Å². The van der Waals surface area contributed by atoms with Gasteiger partial charge in [0.25, 0.3) is 0 Å². The molecule has 4 rings (SSSR count). The third-order valence-electron chi connectivity index (χ3n) is 9.04. The standard InChI is InChI=1S/C11H16S.3C6H11.Sn/c1-11(2,3)10-6-4-9(8-12)5-7-10;3*1-2-4-6-5-3-1;/h4-7,12H,8H2,1-3H3;3*1H,2-6H2;/q;;;;+1/p-1. The first-order valence-corrected chi connectivity index (χ1v) is 23.2. The SMILES string of the molecule is CC(C)(C)c1ccc(C[S][Sn]([CH]2CCCCC2)([CH]2CCCCC2)[CH]2CCCCC2)cc1. The Bertz CT molecular complexity index is 609. The molecule has 0 unspecified atom stereocenters. The summed E-state index contributed by atoms with van der Waals surface area (Å²) in [5, 5.41) is 0. The molecule has 0 bridgehead atoms. The van der Waals surface area contributed by atoms with Crippen molar-refractivity contribution in [2.75, 3.05) is 0 Å². The molecule has 1 aromatic carbocycles. The molecule has 0 nitrogen and oxygen atoms in total. The summed E-state index contributed by atoms with van der Waals surface area (Å²) >= 11 is -2.42. The molecule has 1 aromatic rings. The van der Waals surface area contributed by atoms with Gasteiger partial charge in [-0.15, -0.1) is 0 Å². The van der Waals surface area contributed by atoms with Gasteiger partial charge in [0.1, 0.15) is 0 Å². The van der Waals surface area contributed by atoms with Gasteiger partial charge in [-0.25, -0.2) is 0 Å². The Morgan fingerprint density at radius 2 is 1.03 bits per heavy atom. The summed E-state index contributed by atoms with van der Waals surface area (Å²) in [6.07, 6.45) is 23.5. The molecule has 0 amide bonds. The van der Waals surface area contributed by atoms with Crippen LogP contribution in [-0.2, 0) is 11.2 Å². The molecule has 0 spiro atoms. The van der Waals surface area contributed by atoms with Crippen molar-refractivity contribution in [1.82, 2.24) is 0 Å². The van der Waals surface area contributed by atoms with Crippen LogP contribution >= 0.6 is 8.95 Å². The molecule has 0 saturated heterocycles. The Kier molecular flexibility index (Phi) is 8.85. The fourth-order valence-electron chi connectivity index (χ4n) is 7.32. The summed E-state index contributed by atoms with van der Waals surface area (Å²) in [5.74, 6) is 1.32. The summed E-state index contributed by atoms with van der Waals surface area (Å²) in [7, 11) is 2.67. The summed E-state index contributed by atoms with van der Waals surface area (Å²) in [4.78, 5) is 0. The fourth-order valence-corrected chi connectivity index (χ4v) is 39.9. The van der Waals surface area contributed by atoms with E-state index >= 15 is 0 Å². The van der Waals surface area contributed by atoms with E-state index in [0.29, 0.717) is 0 Å². The topological polar surface area (TPSA) is 0 Å². The average molecular weight is 547 g/mol. The zero-order valence-corrected chi connectivity index (χ0v) is 24.4. The van der Waals surface area contributed by atoms with Crippen LogP contribution in [0, 0.1) is 0 Å². The molecule has 3 aliphatic rings. The predicted octanol–water partition coefficient (Wildman–Crippen LogP) is 10.2. The van der Waals surface area contributed by atoms with Gasteiger partial charge in [0.05, 0.1) is 0 Å². The van der Waals surface area contributed by atoms with Crippen molar-refractivity contribution in [3.05, 3.63) is 35.4 Å². The zero-order valence-electron chi connectivity index (χ0n) is 20.8. The Morgan fingerprint density at radius 1 is 0.645 bits per heavy atom. The first-order chi connectivity index (χ1) is 15.0. The molecule has 2 heteroatoms. The van der Waals surface area contributed by atoms with Gasteiger partial charge in [0.15, 0.2) is 0 Å². The molecule has 3 aliphatic carbocycles. The van der Waals surface area contributed by atoms with Crippen molar-refractivity contribution in [2.24, 2.45) is 0 Å². The van der Waals surface area contributed by atoms with Crippen molar-refractivity contribution in [1.29, 1.82) is 0 Å². The maximum atomic E-state index is 2.67. The quantitative estimate of drug-likeness (QED) is 0.320. The number of rotatable bonds is 6. The van der Waals surface area contributed by atoms with Crippen molar-refractivity contribution < 1.29 is 0 Å². The second-order valence-electron chi connectivity index (χ2n) is 12.1. The normalized spacial score (nSPS) is 23.2. The van der Waals surface area contributed by atoms with Crippen LogP contribution in [-0.4, -0.2) is 17.0 Å². The van der Waals surface area contributed by atoms with Crippen LogP contribution in [0.5, 0.6) is 0 Å². The van der Waals surface area contributed by atoms with E-state index in [1.807, 2.05) is 0 Å². The predicted molar refractivity (Wildman–Crippen MR) is 143 cm³/mol. The van der Waals surface area contributed by atoms with Gasteiger partial charge in [-0.2, -0.15) is 0 Å². The van der Waals surface area contributed by atoms with E-state index < -0.39 is 17.0 Å². The Hall–Kier alpha value is 0.369. The van der Waals surface area contributed by atoms with Gasteiger partial charge in [-0.05, 0) is 0 Å². The van der Waals surface area contributed by atoms with Crippen molar-refractivity contribution in [3.8, 4) is 0 Å². The van der Waals surface area contributed by atoms with E-state index in [4.69, 9.17) is 0 Å². The maximum absolute atomic E-state index is 2.67. The Balaban J connectivity index is 1.61. The van der Waals surface area contributed by atoms with E-state index in [2.05, 4.69) is 54.0 Å². The summed E-state index contributed by atoms with van der Waals surface area (Å²) in [6, 6.07) is 9.81. The van der Waals surface area contributed by atoms with Gasteiger partial charge in [-0.1, -0.05) is 0 Å². The van der Waals surface area contributed by atoms with Gasteiger partial charge < -0.3 is 0 Å². The second kappa shape index (κ2) is 11.2. The second-order valence-corrected chi connectivity index (χ2v) is 31.7. The Morgan fingerprint density at radius 3 is 1.39 bits per heavy atom. The van der Waals surface area contributed by atoms with Crippen LogP contribution in [0.4, 0.5) is 0 Å². The van der Waals surface area contributed by atoms with E-state index in [0.717, 1.165) is 0 Å². The van der Waals surface area contributed by atoms with E-state index in [1.165, 1.54) is 42.4 Å². The van der Waals surface area contributed by atoms with Gasteiger partial charge in [0, 0.05) is 0 Å². The molecule has 0 heterocycles. The monoisotopic (exact) mass is 548 g/mol. The molecule has 0 radical (unpaired) electrons. The molecule has 0 atom stereocenters. The molecule has 0 aliphatic heterocycles. The minimum atomic E-state index is -2.42. The number of hydrogen-bond donors (Lipinski definition) is 0. The first-order valence-electron chi connectivity index (χ1n) is 13.7. The van der Waals surface area contributed by atoms with Crippen LogP contribution in [0.25, 0.3) is 0 Å². The van der Waals surface area contributed by atoms with Crippen LogP contribution in [0.15, 0.2) is 24.3 Å². The average Bonchev–Trinajstić information content (AvgIpc) is 2.81. The molecule has 0 aromatic heterocycles. The molecular formula is C29H48SSn. The number of benzene rings is 1. The molecule has 174 valence electrons. The molecule has 0 N–H and O–H groups in total. The summed E-state index contributed by atoms with van der Waals surface area (Å²) in [6.45, 7) is 7.02. The zero-order chi connectivity index (χ0) is 21.7. The molecule has 3 fully saturated rings. The van der Waals surface area contributed by atoms with Crippen LogP contribution < -0.4 is 0 Å². The van der Waals surface area contributed by atoms with Gasteiger partial charge in [-0.3, -0.25) is 0 Å². The van der Waals surface area contributed by atoms with Crippen molar-refractivity contribution in [2.45, 2.75) is 140 Å². The van der Waals surface area contributed by atoms with Crippen LogP contribution in [0.2, 0.25) is 11.8 Å². The van der Waals surface area contributed by atoms with Crippen LogP contribution in [0.3, 0.4) is 0 Å². The van der Waals surface area contributed by atoms with E-state index in [9.17, 15) is 0 Å². The van der Waals surface area contributed by atoms with E-state index in [1.54, 1.807) is 82.6 Å². The molecule has 31 heavy (non-hydrogen) atoms. The van der Waals surface area contributed by atoms with Gasteiger partial charge in [0.2, 0.25) is 0 Å². The molecular weight excluding hydrogens is 499 g/mol. The van der Waals surface area contributed by atoms with E-state index in [-0.39, 0.29) is 5.41 Å². The molecule has 3 saturated carbocycles. The first kappa shape index (κ1) is 24.5. The van der Waals surface area contributed by atoms with Crippen molar-refractivity contribution in [3.63, 3.8) is 0 Å². The fraction of sp³-hybridized carbons (Fsp3) is 0.793. The number of hydrogen-bond acceptors (Lipinski definition) is 1.